The van der Waals surface area contributed by atoms with E-state index in [1.807, 2.05) is 19.2 Å². The van der Waals surface area contributed by atoms with Gasteiger partial charge >= 0.3 is 11.9 Å². The molecule has 3 aromatic carbocycles. The molecule has 4 aromatic rings. The average Bonchev–Trinajstić information content (AvgIpc) is 4.00. The SMILES string of the molecule is CCC1=C[C@H]2CN(CCc3c([nH]c4ccccc34)[C@@](C(=O)OC)(c3cc4c(cc3OC)N(C)[C@H]3[C@@](O)(CNC(=O)c5ccccc5OC)[C@H](OC(C)=O)[C@]5(CC)C=CCN6CC[C@]43[C@@H]65)C2)C1. The summed E-state index contributed by atoms with van der Waals surface area (Å²) in [5.41, 5.74) is 2.24. The summed E-state index contributed by atoms with van der Waals surface area (Å²) in [6.45, 7) is 9.41. The monoisotopic (exact) mass is 897 g/mol. The number of nitrogens with zero attached hydrogens (tertiary/aromatic N) is 3. The Kier molecular flexibility index (Phi) is 10.9. The first-order valence-corrected chi connectivity index (χ1v) is 23.6. The van der Waals surface area contributed by atoms with Gasteiger partial charge in [-0.25, -0.2) is 0 Å². The number of aromatic amines is 1. The van der Waals surface area contributed by atoms with E-state index in [0.29, 0.717) is 48.4 Å². The third-order valence-corrected chi connectivity index (χ3v) is 16.5. The number of methoxy groups -OCH3 is 3. The molecule has 2 bridgehead atoms. The lowest BCUT2D eigenvalue weighted by Crippen LogP contribution is -2.81. The zero-order valence-electron chi connectivity index (χ0n) is 39.2. The van der Waals surface area contributed by atoms with Crippen molar-refractivity contribution in [3.05, 3.63) is 112 Å². The van der Waals surface area contributed by atoms with E-state index in [0.717, 1.165) is 72.4 Å². The Balaban J connectivity index is 1.23. The number of hydrogen-bond donors (Lipinski definition) is 3. The Bertz CT molecular complexity index is 2680. The Labute approximate surface area is 387 Å². The molecule has 10 rings (SSSR count). The summed E-state index contributed by atoms with van der Waals surface area (Å²) < 4.78 is 24.5. The standard InChI is InChI=1S/C53H63N5O8/c1-8-33-25-34-28-52(49(61)65-7,44-36(19-23-57(29-33)30-34)35-15-10-12-17-40(35)55-44)39-26-38-41(27-43(39)64-6)56(4)47-51(38)21-24-58-22-14-20-50(9-2,46(51)58)48(66-32(3)59)53(47,62)31-54-45(60)37-16-11-13-18-42(37)63-5/h10-18,20,25-27,34,46-48,55,62H,8-9,19,21-24,28-31H2,1-7H3,(H,54,60)/t34-,46+,47-,48-,50-,51-,52+,53+/m1/s1. The third-order valence-electron chi connectivity index (χ3n) is 16.5. The first kappa shape index (κ1) is 44.2. The van der Waals surface area contributed by atoms with Gasteiger partial charge in [-0.3, -0.25) is 24.2 Å². The Morgan fingerprint density at radius 3 is 2.47 bits per heavy atom. The molecule has 1 saturated heterocycles. The van der Waals surface area contributed by atoms with Crippen LogP contribution in [-0.4, -0.2) is 129 Å². The average molecular weight is 898 g/mol. The van der Waals surface area contributed by atoms with Gasteiger partial charge in [0.1, 0.15) is 28.6 Å². The number of H-pyrrole nitrogens is 1. The van der Waals surface area contributed by atoms with Crippen LogP contribution in [0.5, 0.6) is 11.5 Å². The molecule has 66 heavy (non-hydrogen) atoms. The molecule has 2 fully saturated rings. The maximum absolute atomic E-state index is 15.5. The summed E-state index contributed by atoms with van der Waals surface area (Å²) in [5, 5.41) is 18.2. The van der Waals surface area contributed by atoms with Gasteiger partial charge in [0.25, 0.3) is 5.91 Å². The van der Waals surface area contributed by atoms with Crippen LogP contribution >= 0.6 is 0 Å². The van der Waals surface area contributed by atoms with Crippen molar-refractivity contribution in [3.63, 3.8) is 0 Å². The predicted octanol–water partition coefficient (Wildman–Crippen LogP) is 6.06. The molecule has 1 amide bonds. The molecule has 6 aliphatic rings. The molecule has 1 aromatic heterocycles. The molecule has 5 aliphatic heterocycles. The number of likely N-dealkylation sites (N-methyl/N-ethyl adjacent to an activating group) is 1. The van der Waals surface area contributed by atoms with Gasteiger partial charge in [0.2, 0.25) is 0 Å². The Hall–Kier alpha value is -5.63. The maximum Gasteiger partial charge on any atom is 0.322 e. The number of ether oxygens (including phenoxy) is 4. The molecule has 3 N–H and O–H groups in total. The van der Waals surface area contributed by atoms with Crippen molar-refractivity contribution in [2.45, 2.75) is 87.5 Å². The molecule has 6 heterocycles. The lowest BCUT2D eigenvalue weighted by atomic mass is 9.47. The van der Waals surface area contributed by atoms with Gasteiger partial charge in [0.15, 0.2) is 0 Å². The van der Waals surface area contributed by atoms with E-state index < -0.39 is 45.9 Å². The molecular weight excluding hydrogens is 835 g/mol. The van der Waals surface area contributed by atoms with Gasteiger partial charge in [-0.1, -0.05) is 68.0 Å². The van der Waals surface area contributed by atoms with Crippen molar-refractivity contribution >= 4 is 34.4 Å². The number of anilines is 1. The summed E-state index contributed by atoms with van der Waals surface area (Å²) in [7, 11) is 6.64. The highest BCUT2D eigenvalue weighted by atomic mass is 16.6. The van der Waals surface area contributed by atoms with E-state index in [1.54, 1.807) is 31.4 Å². The third kappa shape index (κ3) is 6.18. The smallest absolute Gasteiger partial charge is 0.322 e. The maximum atomic E-state index is 15.5. The zero-order valence-corrected chi connectivity index (χ0v) is 39.2. The Morgan fingerprint density at radius 1 is 0.955 bits per heavy atom. The van der Waals surface area contributed by atoms with Crippen molar-refractivity contribution in [2.24, 2.45) is 11.3 Å². The van der Waals surface area contributed by atoms with Gasteiger partial charge in [-0.05, 0) is 80.0 Å². The van der Waals surface area contributed by atoms with Crippen LogP contribution in [0, 0.1) is 11.3 Å². The van der Waals surface area contributed by atoms with Crippen molar-refractivity contribution in [3.8, 4) is 11.5 Å². The lowest BCUT2D eigenvalue weighted by Gasteiger charge is -2.64. The van der Waals surface area contributed by atoms with Gasteiger partial charge < -0.3 is 39.3 Å². The van der Waals surface area contributed by atoms with Crippen LogP contribution in [0.3, 0.4) is 0 Å². The zero-order chi connectivity index (χ0) is 46.3. The topological polar surface area (TPSA) is 146 Å². The summed E-state index contributed by atoms with van der Waals surface area (Å²) in [4.78, 5) is 54.0. The number of rotatable bonds is 10. The molecule has 1 saturated carbocycles. The minimum Gasteiger partial charge on any atom is -0.496 e. The van der Waals surface area contributed by atoms with E-state index in [4.69, 9.17) is 18.9 Å². The lowest BCUT2D eigenvalue weighted by molar-refractivity contribution is -0.216. The number of aromatic nitrogens is 1. The number of aliphatic hydroxyl groups is 1. The van der Waals surface area contributed by atoms with E-state index >= 15 is 4.79 Å². The molecule has 1 unspecified atom stereocenters. The van der Waals surface area contributed by atoms with E-state index in [9.17, 15) is 14.7 Å². The highest BCUT2D eigenvalue weighted by molar-refractivity contribution is 5.97. The summed E-state index contributed by atoms with van der Waals surface area (Å²) >= 11 is 0. The number of para-hydroxylation sites is 2. The van der Waals surface area contributed by atoms with Crippen LogP contribution in [0.25, 0.3) is 10.9 Å². The molecule has 13 nitrogen and oxygen atoms in total. The summed E-state index contributed by atoms with van der Waals surface area (Å²) in [5.74, 6) is -0.357. The van der Waals surface area contributed by atoms with Crippen molar-refractivity contribution in [1.82, 2.24) is 20.1 Å². The fourth-order valence-electron chi connectivity index (χ4n) is 14.2. The second-order valence-corrected chi connectivity index (χ2v) is 19.6. The molecule has 1 aliphatic carbocycles. The predicted molar refractivity (Wildman–Crippen MR) is 252 cm³/mol. The number of carbonyl (C=O) groups is 3. The van der Waals surface area contributed by atoms with Gasteiger partial charge in [-0.2, -0.15) is 0 Å². The van der Waals surface area contributed by atoms with Gasteiger partial charge in [0.05, 0.1) is 39.5 Å². The fraction of sp³-hybridized carbons (Fsp3) is 0.491. The second kappa shape index (κ2) is 16.3. The van der Waals surface area contributed by atoms with Crippen LogP contribution in [0.4, 0.5) is 5.69 Å². The summed E-state index contributed by atoms with van der Waals surface area (Å²) in [6, 6.07) is 18.6. The van der Waals surface area contributed by atoms with Crippen LogP contribution in [-0.2, 0) is 36.3 Å². The number of fused-ring (bicyclic) bond motifs is 6. The van der Waals surface area contributed by atoms with Gasteiger partial charge in [0, 0.05) is 90.9 Å². The molecule has 348 valence electrons. The number of esters is 2. The normalized spacial score (nSPS) is 31.8. The molecule has 0 radical (unpaired) electrons. The number of nitrogens with one attached hydrogen (secondary N) is 2. The van der Waals surface area contributed by atoms with E-state index in [-0.39, 0.29) is 24.5 Å². The summed E-state index contributed by atoms with van der Waals surface area (Å²) in [6.07, 6.45) is 8.92. The largest absolute Gasteiger partial charge is 0.496 e. The highest BCUT2D eigenvalue weighted by Gasteiger charge is 2.78. The number of benzene rings is 3. The van der Waals surface area contributed by atoms with Crippen molar-refractivity contribution < 1.29 is 38.4 Å². The number of carbonyl (C=O) groups excluding carboxylic acids is 3. The molecular formula is C53H63N5O8. The van der Waals surface area contributed by atoms with E-state index in [2.05, 4.69) is 81.3 Å². The molecule has 1 spiro atoms. The van der Waals surface area contributed by atoms with Gasteiger partial charge in [-0.15, -0.1) is 0 Å². The minimum atomic E-state index is -1.84. The van der Waals surface area contributed by atoms with Crippen molar-refractivity contribution in [2.75, 3.05) is 72.5 Å². The second-order valence-electron chi connectivity index (χ2n) is 19.6. The van der Waals surface area contributed by atoms with Crippen LogP contribution in [0.15, 0.2) is 84.5 Å². The molecule has 13 heteroatoms. The first-order chi connectivity index (χ1) is 31.8. The molecule has 9 atom stereocenters. The number of amides is 1. The first-order valence-electron chi connectivity index (χ1n) is 23.6. The quantitative estimate of drug-likeness (QED) is 0.126. The highest BCUT2D eigenvalue weighted by Crippen LogP contribution is 2.68. The fourth-order valence-corrected chi connectivity index (χ4v) is 14.2. The van der Waals surface area contributed by atoms with Crippen LogP contribution in [0.2, 0.25) is 0 Å². The van der Waals surface area contributed by atoms with Crippen LogP contribution < -0.4 is 19.7 Å². The number of hydrogen-bond acceptors (Lipinski definition) is 11. The van der Waals surface area contributed by atoms with Crippen LogP contribution in [0.1, 0.15) is 79.2 Å². The van der Waals surface area contributed by atoms with E-state index in [1.165, 1.54) is 26.7 Å². The minimum absolute atomic E-state index is 0.0195. The Morgan fingerprint density at radius 2 is 1.73 bits per heavy atom. The van der Waals surface area contributed by atoms with Crippen molar-refractivity contribution in [1.29, 1.82) is 0 Å².